The minimum absolute atomic E-state index is 0.187. The standard InChI is InChI=1S/C8H14N4OS/c1-3-5(4-2)10-6(13)7-11-12-8(9)14-7/h5H,3-4H2,1-2H3,(H2,9,12)(H,10,13). The van der Waals surface area contributed by atoms with Gasteiger partial charge < -0.3 is 11.1 Å². The first-order valence-electron chi connectivity index (χ1n) is 4.57. The highest BCUT2D eigenvalue weighted by atomic mass is 32.1. The van der Waals surface area contributed by atoms with Gasteiger partial charge in [0.05, 0.1) is 0 Å². The van der Waals surface area contributed by atoms with Gasteiger partial charge in [-0.1, -0.05) is 25.2 Å². The molecule has 5 nitrogen and oxygen atoms in total. The van der Waals surface area contributed by atoms with Crippen LogP contribution < -0.4 is 11.1 Å². The van der Waals surface area contributed by atoms with Crippen molar-refractivity contribution in [3.05, 3.63) is 5.01 Å². The monoisotopic (exact) mass is 214 g/mol. The second-order valence-electron chi connectivity index (χ2n) is 2.93. The van der Waals surface area contributed by atoms with Gasteiger partial charge in [-0.2, -0.15) is 0 Å². The van der Waals surface area contributed by atoms with E-state index >= 15 is 0 Å². The average Bonchev–Trinajstić information content (AvgIpc) is 2.61. The molecule has 0 saturated carbocycles. The predicted octanol–water partition coefficient (Wildman–Crippen LogP) is 1.04. The molecule has 14 heavy (non-hydrogen) atoms. The summed E-state index contributed by atoms with van der Waals surface area (Å²) in [7, 11) is 0. The number of amides is 1. The highest BCUT2D eigenvalue weighted by molar-refractivity contribution is 7.16. The summed E-state index contributed by atoms with van der Waals surface area (Å²) in [5, 5.41) is 10.8. The Labute approximate surface area is 86.7 Å². The van der Waals surface area contributed by atoms with Crippen LogP contribution >= 0.6 is 11.3 Å². The maximum absolute atomic E-state index is 11.5. The fourth-order valence-corrected chi connectivity index (χ4v) is 1.58. The SMILES string of the molecule is CCC(CC)NC(=O)c1nnc(N)s1. The molecule has 0 aliphatic rings. The Hall–Kier alpha value is -1.17. The summed E-state index contributed by atoms with van der Waals surface area (Å²) >= 11 is 1.10. The van der Waals surface area contributed by atoms with E-state index in [0.717, 1.165) is 24.2 Å². The molecule has 0 unspecified atom stereocenters. The van der Waals surface area contributed by atoms with E-state index in [9.17, 15) is 4.79 Å². The average molecular weight is 214 g/mol. The van der Waals surface area contributed by atoms with Gasteiger partial charge in [0.1, 0.15) is 0 Å². The topological polar surface area (TPSA) is 80.9 Å². The third kappa shape index (κ3) is 2.66. The van der Waals surface area contributed by atoms with Crippen LogP contribution in [0.15, 0.2) is 0 Å². The fraction of sp³-hybridized carbons (Fsp3) is 0.625. The molecule has 3 N–H and O–H groups in total. The van der Waals surface area contributed by atoms with Crippen LogP contribution in [-0.4, -0.2) is 22.1 Å². The van der Waals surface area contributed by atoms with E-state index in [4.69, 9.17) is 5.73 Å². The Bertz CT molecular complexity index is 308. The summed E-state index contributed by atoms with van der Waals surface area (Å²) in [5.41, 5.74) is 5.38. The number of nitrogens with one attached hydrogen (secondary N) is 1. The largest absolute Gasteiger partial charge is 0.374 e. The van der Waals surface area contributed by atoms with Crippen molar-refractivity contribution in [2.45, 2.75) is 32.7 Å². The van der Waals surface area contributed by atoms with E-state index in [0.29, 0.717) is 10.1 Å². The second-order valence-corrected chi connectivity index (χ2v) is 3.94. The molecule has 0 radical (unpaired) electrons. The van der Waals surface area contributed by atoms with Crippen LogP contribution in [0.3, 0.4) is 0 Å². The van der Waals surface area contributed by atoms with Crippen LogP contribution in [0, 0.1) is 0 Å². The molecule has 0 aromatic carbocycles. The van der Waals surface area contributed by atoms with Crippen LogP contribution in [0.25, 0.3) is 0 Å². The molecule has 6 heteroatoms. The number of hydrogen-bond acceptors (Lipinski definition) is 5. The molecule has 1 rings (SSSR count). The highest BCUT2D eigenvalue weighted by Gasteiger charge is 2.14. The number of nitrogen functional groups attached to an aromatic ring is 1. The third-order valence-corrected chi connectivity index (χ3v) is 2.71. The first kappa shape index (κ1) is 10.9. The lowest BCUT2D eigenvalue weighted by atomic mass is 10.2. The fourth-order valence-electron chi connectivity index (χ4n) is 1.07. The van der Waals surface area contributed by atoms with Gasteiger partial charge in [0.2, 0.25) is 10.1 Å². The van der Waals surface area contributed by atoms with Gasteiger partial charge in [0, 0.05) is 6.04 Å². The van der Waals surface area contributed by atoms with Gasteiger partial charge in [-0.25, -0.2) is 0 Å². The Balaban J connectivity index is 2.58. The van der Waals surface area contributed by atoms with Crippen molar-refractivity contribution in [1.29, 1.82) is 0 Å². The van der Waals surface area contributed by atoms with Crippen LogP contribution in [0.4, 0.5) is 5.13 Å². The van der Waals surface area contributed by atoms with E-state index < -0.39 is 0 Å². The first-order valence-corrected chi connectivity index (χ1v) is 5.38. The van der Waals surface area contributed by atoms with Gasteiger partial charge in [-0.05, 0) is 12.8 Å². The summed E-state index contributed by atoms with van der Waals surface area (Å²) in [4.78, 5) is 11.5. The van der Waals surface area contributed by atoms with Crippen molar-refractivity contribution in [2.75, 3.05) is 5.73 Å². The molecule has 0 fully saturated rings. The number of carbonyl (C=O) groups excluding carboxylic acids is 1. The molecule has 1 heterocycles. The Kier molecular flexibility index (Phi) is 3.82. The van der Waals surface area contributed by atoms with E-state index in [2.05, 4.69) is 15.5 Å². The molecular formula is C8H14N4OS. The highest BCUT2D eigenvalue weighted by Crippen LogP contribution is 2.11. The van der Waals surface area contributed by atoms with Crippen LogP contribution in [-0.2, 0) is 0 Å². The number of nitrogens with two attached hydrogens (primary N) is 1. The molecule has 1 amide bonds. The lowest BCUT2D eigenvalue weighted by molar-refractivity contribution is 0.0934. The number of hydrogen-bond donors (Lipinski definition) is 2. The molecule has 0 saturated heterocycles. The van der Waals surface area contributed by atoms with E-state index in [1.54, 1.807) is 0 Å². The number of carbonyl (C=O) groups is 1. The number of anilines is 1. The van der Waals surface area contributed by atoms with Crippen LogP contribution in [0.1, 0.15) is 36.5 Å². The summed E-state index contributed by atoms with van der Waals surface area (Å²) in [6.45, 7) is 4.06. The maximum Gasteiger partial charge on any atom is 0.282 e. The smallest absolute Gasteiger partial charge is 0.282 e. The van der Waals surface area contributed by atoms with E-state index in [-0.39, 0.29) is 11.9 Å². The molecule has 0 aliphatic carbocycles. The Morgan fingerprint density at radius 3 is 2.57 bits per heavy atom. The Morgan fingerprint density at radius 1 is 1.50 bits per heavy atom. The summed E-state index contributed by atoms with van der Waals surface area (Å²) in [5.74, 6) is -0.187. The van der Waals surface area contributed by atoms with Crippen molar-refractivity contribution in [3.63, 3.8) is 0 Å². The van der Waals surface area contributed by atoms with Gasteiger partial charge in [-0.3, -0.25) is 4.79 Å². The van der Waals surface area contributed by atoms with Gasteiger partial charge >= 0.3 is 0 Å². The van der Waals surface area contributed by atoms with E-state index in [1.807, 2.05) is 13.8 Å². The Morgan fingerprint density at radius 2 is 2.14 bits per heavy atom. The summed E-state index contributed by atoms with van der Waals surface area (Å²) in [6.07, 6.45) is 1.83. The van der Waals surface area contributed by atoms with Crippen molar-refractivity contribution in [3.8, 4) is 0 Å². The summed E-state index contributed by atoms with van der Waals surface area (Å²) in [6, 6.07) is 0.202. The zero-order chi connectivity index (χ0) is 10.6. The van der Waals surface area contributed by atoms with Crippen molar-refractivity contribution in [2.24, 2.45) is 0 Å². The molecule has 0 atom stereocenters. The van der Waals surface area contributed by atoms with Crippen molar-refractivity contribution < 1.29 is 4.79 Å². The van der Waals surface area contributed by atoms with Crippen LogP contribution in [0.5, 0.6) is 0 Å². The van der Waals surface area contributed by atoms with Gasteiger partial charge in [-0.15, -0.1) is 10.2 Å². The molecule has 1 aromatic heterocycles. The minimum Gasteiger partial charge on any atom is -0.374 e. The van der Waals surface area contributed by atoms with Crippen LogP contribution in [0.2, 0.25) is 0 Å². The molecule has 0 spiro atoms. The predicted molar refractivity (Wildman–Crippen MR) is 56.2 cm³/mol. The second kappa shape index (κ2) is 4.90. The lowest BCUT2D eigenvalue weighted by Crippen LogP contribution is -2.33. The number of aromatic nitrogens is 2. The van der Waals surface area contributed by atoms with Gasteiger partial charge in [0.15, 0.2) is 0 Å². The molecule has 0 bridgehead atoms. The molecular weight excluding hydrogens is 200 g/mol. The third-order valence-electron chi connectivity index (χ3n) is 1.96. The van der Waals surface area contributed by atoms with Crippen molar-refractivity contribution in [1.82, 2.24) is 15.5 Å². The lowest BCUT2D eigenvalue weighted by Gasteiger charge is -2.12. The first-order chi connectivity index (χ1) is 6.67. The maximum atomic E-state index is 11.5. The van der Waals surface area contributed by atoms with Crippen molar-refractivity contribution >= 4 is 22.4 Å². The number of nitrogens with zero attached hydrogens (tertiary/aromatic N) is 2. The summed E-state index contributed by atoms with van der Waals surface area (Å²) < 4.78 is 0. The molecule has 78 valence electrons. The van der Waals surface area contributed by atoms with E-state index in [1.165, 1.54) is 0 Å². The molecule has 1 aromatic rings. The normalized spacial score (nSPS) is 10.5. The molecule has 0 aliphatic heterocycles. The minimum atomic E-state index is -0.187. The zero-order valence-corrected chi connectivity index (χ0v) is 9.10. The quantitative estimate of drug-likeness (QED) is 0.784. The zero-order valence-electron chi connectivity index (χ0n) is 8.28. The van der Waals surface area contributed by atoms with Gasteiger partial charge in [0.25, 0.3) is 5.91 Å². The number of rotatable bonds is 4.